The van der Waals surface area contributed by atoms with Crippen LogP contribution in [-0.2, 0) is 9.53 Å². The van der Waals surface area contributed by atoms with E-state index >= 15 is 0 Å². The first-order chi connectivity index (χ1) is 13.9. The minimum absolute atomic E-state index is 0.0875. The van der Waals surface area contributed by atoms with E-state index in [2.05, 4.69) is 14.9 Å². The minimum Gasteiger partial charge on any atom is -0.452 e. The van der Waals surface area contributed by atoms with Gasteiger partial charge < -0.3 is 14.6 Å². The third kappa shape index (κ3) is 4.19. The van der Waals surface area contributed by atoms with Crippen molar-refractivity contribution >= 4 is 33.4 Å². The van der Waals surface area contributed by atoms with Crippen LogP contribution in [0.1, 0.15) is 58.5 Å². The summed E-state index contributed by atoms with van der Waals surface area (Å²) in [6.45, 7) is 6.13. The minimum atomic E-state index is -0.445. The molecule has 7 heteroatoms. The number of carbonyl (C=O) groups excluding carboxylic acids is 2. The first kappa shape index (κ1) is 19.6. The lowest BCUT2D eigenvalue weighted by Gasteiger charge is -2.11. The molecule has 0 saturated heterocycles. The van der Waals surface area contributed by atoms with Gasteiger partial charge in [-0.1, -0.05) is 19.1 Å². The highest BCUT2D eigenvalue weighted by atomic mass is 32.1. The summed E-state index contributed by atoms with van der Waals surface area (Å²) in [5, 5.41) is 3.82. The van der Waals surface area contributed by atoms with Crippen LogP contribution in [0.5, 0.6) is 0 Å². The van der Waals surface area contributed by atoms with Crippen LogP contribution in [0, 0.1) is 13.8 Å². The molecule has 152 valence electrons. The van der Waals surface area contributed by atoms with E-state index in [0.29, 0.717) is 18.2 Å². The number of hydrogen-bond donors (Lipinski definition) is 1. The molecule has 1 N–H and O–H groups in total. The normalized spacial score (nSPS) is 14.7. The molecule has 1 saturated carbocycles. The monoisotopic (exact) mass is 411 g/mol. The molecule has 29 heavy (non-hydrogen) atoms. The van der Waals surface area contributed by atoms with Gasteiger partial charge in [0, 0.05) is 29.9 Å². The number of carbonyl (C=O) groups is 2. The molecule has 0 bridgehead atoms. The highest BCUT2D eigenvalue weighted by molar-refractivity contribution is 7.18. The van der Waals surface area contributed by atoms with Crippen LogP contribution in [-0.4, -0.2) is 34.6 Å². The number of aryl methyl sites for hydroxylation is 1. The fraction of sp³-hybridized carbons (Fsp3) is 0.409. The smallest absolute Gasteiger partial charge is 0.340 e. The van der Waals surface area contributed by atoms with Crippen LogP contribution >= 0.6 is 11.3 Å². The van der Waals surface area contributed by atoms with Gasteiger partial charge >= 0.3 is 5.97 Å². The maximum atomic E-state index is 12.4. The number of fused-ring (bicyclic) bond motifs is 1. The number of nitrogens with zero attached hydrogens (tertiary/aromatic N) is 2. The highest BCUT2D eigenvalue weighted by Crippen LogP contribution is 2.38. The van der Waals surface area contributed by atoms with Crippen molar-refractivity contribution in [2.24, 2.45) is 0 Å². The molecule has 6 nitrogen and oxygen atoms in total. The SMILES string of the molecule is Cc1cc(C(=O)OCC(=O)NCC(C)c2nc3ccccc3s2)c(C)n1C1CC1. The molecule has 1 amide bonds. The Morgan fingerprint density at radius 1 is 1.31 bits per heavy atom. The van der Waals surface area contributed by atoms with Crippen LogP contribution in [0.3, 0.4) is 0 Å². The van der Waals surface area contributed by atoms with Gasteiger partial charge in [0.05, 0.1) is 20.8 Å². The third-order valence-electron chi connectivity index (χ3n) is 5.29. The number of rotatable bonds is 7. The van der Waals surface area contributed by atoms with Crippen molar-refractivity contribution in [3.8, 4) is 0 Å². The van der Waals surface area contributed by atoms with Gasteiger partial charge in [0.15, 0.2) is 6.61 Å². The standard InChI is InChI=1S/C22H25N3O3S/c1-13(21-24-18-6-4-5-7-19(18)29-21)11-23-20(26)12-28-22(27)17-10-14(2)25(15(17)3)16-8-9-16/h4-7,10,13,16H,8-9,11-12H2,1-3H3,(H,23,26). The summed E-state index contributed by atoms with van der Waals surface area (Å²) in [6, 6.07) is 10.3. The molecule has 1 aliphatic rings. The number of ether oxygens (including phenoxy) is 1. The maximum absolute atomic E-state index is 12.4. The van der Waals surface area contributed by atoms with E-state index in [9.17, 15) is 9.59 Å². The van der Waals surface area contributed by atoms with Crippen molar-refractivity contribution in [1.82, 2.24) is 14.9 Å². The van der Waals surface area contributed by atoms with Crippen LogP contribution in [0.4, 0.5) is 0 Å². The molecule has 0 spiro atoms. The molecule has 0 radical (unpaired) electrons. The van der Waals surface area contributed by atoms with E-state index < -0.39 is 5.97 Å². The Balaban J connectivity index is 1.28. The fourth-order valence-electron chi connectivity index (χ4n) is 3.59. The van der Waals surface area contributed by atoms with Crippen molar-refractivity contribution in [2.75, 3.05) is 13.2 Å². The number of para-hydroxylation sites is 1. The average molecular weight is 412 g/mol. The quantitative estimate of drug-likeness (QED) is 0.594. The Hall–Kier alpha value is -2.67. The molecule has 1 fully saturated rings. The van der Waals surface area contributed by atoms with Crippen molar-refractivity contribution in [2.45, 2.75) is 45.6 Å². The summed E-state index contributed by atoms with van der Waals surface area (Å²) in [5.41, 5.74) is 3.50. The predicted molar refractivity (Wildman–Crippen MR) is 114 cm³/mol. The van der Waals surface area contributed by atoms with Gasteiger partial charge in [-0.15, -0.1) is 11.3 Å². The molecule has 1 aromatic carbocycles. The molecule has 1 aliphatic carbocycles. The number of amides is 1. The zero-order chi connectivity index (χ0) is 20.5. The van der Waals surface area contributed by atoms with Crippen LogP contribution in [0.2, 0.25) is 0 Å². The van der Waals surface area contributed by atoms with E-state index in [1.165, 1.54) is 0 Å². The molecule has 2 heterocycles. The lowest BCUT2D eigenvalue weighted by atomic mass is 10.2. The first-order valence-electron chi connectivity index (χ1n) is 9.91. The van der Waals surface area contributed by atoms with Crippen molar-refractivity contribution < 1.29 is 14.3 Å². The van der Waals surface area contributed by atoms with Gasteiger partial charge in [-0.3, -0.25) is 4.79 Å². The van der Waals surface area contributed by atoms with Crippen molar-refractivity contribution in [3.05, 3.63) is 52.3 Å². The zero-order valence-electron chi connectivity index (χ0n) is 16.9. The van der Waals surface area contributed by atoms with E-state index in [4.69, 9.17) is 4.74 Å². The third-order valence-corrected chi connectivity index (χ3v) is 6.56. The number of benzene rings is 1. The fourth-order valence-corrected chi connectivity index (χ4v) is 4.61. The van der Waals surface area contributed by atoms with Crippen LogP contribution in [0.15, 0.2) is 30.3 Å². The molecular formula is C22H25N3O3S. The molecule has 1 unspecified atom stereocenters. The highest BCUT2D eigenvalue weighted by Gasteiger charge is 2.28. The summed E-state index contributed by atoms with van der Waals surface area (Å²) in [4.78, 5) is 29.2. The van der Waals surface area contributed by atoms with Gasteiger partial charge in [0.1, 0.15) is 0 Å². The zero-order valence-corrected chi connectivity index (χ0v) is 17.7. The molecular weight excluding hydrogens is 386 g/mol. The number of nitrogens with one attached hydrogen (secondary N) is 1. The summed E-state index contributed by atoms with van der Waals surface area (Å²) in [7, 11) is 0. The van der Waals surface area contributed by atoms with Gasteiger partial charge in [-0.2, -0.15) is 0 Å². The van der Waals surface area contributed by atoms with Crippen LogP contribution in [0.25, 0.3) is 10.2 Å². The average Bonchev–Trinajstić information content (AvgIpc) is 3.36. The first-order valence-corrected chi connectivity index (χ1v) is 10.7. The number of esters is 1. The Kier molecular flexibility index (Phi) is 5.41. The molecule has 3 aromatic rings. The van der Waals surface area contributed by atoms with Crippen molar-refractivity contribution in [3.63, 3.8) is 0 Å². The van der Waals surface area contributed by atoms with E-state index in [-0.39, 0.29) is 18.4 Å². The largest absolute Gasteiger partial charge is 0.452 e. The lowest BCUT2D eigenvalue weighted by Crippen LogP contribution is -2.31. The second-order valence-corrected chi connectivity index (χ2v) is 8.75. The Labute approximate surface area is 173 Å². The van der Waals surface area contributed by atoms with E-state index in [1.807, 2.05) is 51.1 Å². The van der Waals surface area contributed by atoms with Gasteiger partial charge in [0.2, 0.25) is 0 Å². The van der Waals surface area contributed by atoms with E-state index in [0.717, 1.165) is 39.5 Å². The molecule has 4 rings (SSSR count). The number of hydrogen-bond acceptors (Lipinski definition) is 5. The molecule has 1 atom stereocenters. The molecule has 0 aliphatic heterocycles. The second-order valence-electron chi connectivity index (χ2n) is 7.69. The number of thiazole rings is 1. The summed E-state index contributed by atoms with van der Waals surface area (Å²) in [5.74, 6) is -0.661. The Morgan fingerprint density at radius 3 is 2.79 bits per heavy atom. The van der Waals surface area contributed by atoms with Gasteiger partial charge in [-0.25, -0.2) is 9.78 Å². The lowest BCUT2D eigenvalue weighted by molar-refractivity contribution is -0.124. The summed E-state index contributed by atoms with van der Waals surface area (Å²) in [6.07, 6.45) is 2.31. The predicted octanol–water partition coefficient (Wildman–Crippen LogP) is 4.13. The van der Waals surface area contributed by atoms with Gasteiger partial charge in [0.25, 0.3) is 5.91 Å². The number of aromatic nitrogens is 2. The van der Waals surface area contributed by atoms with Crippen LogP contribution < -0.4 is 5.32 Å². The second kappa shape index (κ2) is 7.99. The maximum Gasteiger partial charge on any atom is 0.340 e. The summed E-state index contributed by atoms with van der Waals surface area (Å²) >= 11 is 1.64. The Morgan fingerprint density at radius 2 is 2.07 bits per heavy atom. The Bertz CT molecular complexity index is 1030. The van der Waals surface area contributed by atoms with Crippen molar-refractivity contribution in [1.29, 1.82) is 0 Å². The molecule has 2 aromatic heterocycles. The van der Waals surface area contributed by atoms with E-state index in [1.54, 1.807) is 11.3 Å². The van der Waals surface area contributed by atoms with Gasteiger partial charge in [-0.05, 0) is 44.9 Å². The summed E-state index contributed by atoms with van der Waals surface area (Å²) < 4.78 is 8.58. The topological polar surface area (TPSA) is 73.2 Å².